The van der Waals surface area contributed by atoms with Gasteiger partial charge in [0.15, 0.2) is 5.82 Å². The first kappa shape index (κ1) is 29.1. The van der Waals surface area contributed by atoms with Gasteiger partial charge in [0, 0.05) is 43.3 Å². The molecule has 0 bridgehead atoms. The van der Waals surface area contributed by atoms with E-state index in [1.165, 1.54) is 18.6 Å². The van der Waals surface area contributed by atoms with Crippen LogP contribution < -0.4 is 26.6 Å². The van der Waals surface area contributed by atoms with Gasteiger partial charge in [-0.05, 0) is 42.5 Å². The van der Waals surface area contributed by atoms with Crippen LogP contribution in [0.3, 0.4) is 0 Å². The molecule has 0 aliphatic carbocycles. The number of rotatable bonds is 9. The van der Waals surface area contributed by atoms with Gasteiger partial charge in [-0.1, -0.05) is 32.6 Å². The highest BCUT2D eigenvalue weighted by atomic mass is 16.5. The van der Waals surface area contributed by atoms with E-state index in [1.54, 1.807) is 6.07 Å². The predicted octanol–water partition coefficient (Wildman–Crippen LogP) is 2.54. The lowest BCUT2D eigenvalue weighted by molar-refractivity contribution is -0.111. The molecule has 1 aromatic heterocycles. The lowest BCUT2D eigenvalue weighted by Crippen LogP contribution is -2.45. The zero-order valence-corrected chi connectivity index (χ0v) is 23.0. The van der Waals surface area contributed by atoms with E-state index in [1.807, 2.05) is 32.0 Å². The number of aromatic nitrogens is 2. The molecule has 1 fully saturated rings. The van der Waals surface area contributed by atoms with Crippen LogP contribution in [0.25, 0.3) is 0 Å². The maximum atomic E-state index is 12.8. The third-order valence-corrected chi connectivity index (χ3v) is 6.23. The summed E-state index contributed by atoms with van der Waals surface area (Å²) in [6, 6.07) is 7.54. The lowest BCUT2D eigenvalue weighted by atomic mass is 10.0. The molecule has 0 spiro atoms. The summed E-state index contributed by atoms with van der Waals surface area (Å²) in [5, 5.41) is 23.1. The van der Waals surface area contributed by atoms with Crippen molar-refractivity contribution in [2.45, 2.75) is 39.3 Å². The smallest absolute Gasteiger partial charge is 0.275 e. The van der Waals surface area contributed by atoms with Crippen molar-refractivity contribution in [3.8, 4) is 0 Å². The van der Waals surface area contributed by atoms with Crippen LogP contribution in [0.15, 0.2) is 70.7 Å². The van der Waals surface area contributed by atoms with Crippen molar-refractivity contribution in [1.82, 2.24) is 25.9 Å². The summed E-state index contributed by atoms with van der Waals surface area (Å²) in [7, 11) is 0. The molecular weight excluding hydrogens is 524 g/mol. The van der Waals surface area contributed by atoms with Gasteiger partial charge in [-0.15, -0.1) is 0 Å². The fourth-order valence-corrected chi connectivity index (χ4v) is 4.08. The first-order valence-electron chi connectivity index (χ1n) is 13.3. The average Bonchev–Trinajstić information content (AvgIpc) is 2.97. The molecule has 0 saturated carbocycles. The molecule has 2 aliphatic heterocycles. The minimum Gasteiger partial charge on any atom is -0.381 e. The fourth-order valence-electron chi connectivity index (χ4n) is 4.08. The van der Waals surface area contributed by atoms with Gasteiger partial charge < -0.3 is 36.7 Å². The van der Waals surface area contributed by atoms with Crippen molar-refractivity contribution in [3.05, 3.63) is 72.0 Å². The van der Waals surface area contributed by atoms with Gasteiger partial charge in [0.25, 0.3) is 5.91 Å². The maximum absolute atomic E-state index is 12.8. The monoisotopic (exact) mass is 558 g/mol. The van der Waals surface area contributed by atoms with E-state index >= 15 is 0 Å². The molecule has 2 aromatic rings. The second-order valence-electron chi connectivity index (χ2n) is 9.65. The quantitative estimate of drug-likeness (QED) is 0.201. The summed E-state index contributed by atoms with van der Waals surface area (Å²) in [5.74, 6) is 0.843. The Balaban J connectivity index is 1.44. The van der Waals surface area contributed by atoms with E-state index in [-0.39, 0.29) is 23.5 Å². The summed E-state index contributed by atoms with van der Waals surface area (Å²) >= 11 is 0. The number of anilines is 2. The normalized spacial score (nSPS) is 16.5. The Hall–Kier alpha value is -4.91. The summed E-state index contributed by atoms with van der Waals surface area (Å²) in [6.07, 6.45) is 6.80. The molecule has 4 rings (SSSR count). The first-order valence-corrected chi connectivity index (χ1v) is 13.3. The Morgan fingerprint density at radius 3 is 2.73 bits per heavy atom. The van der Waals surface area contributed by atoms with Crippen LogP contribution in [0.5, 0.6) is 0 Å². The summed E-state index contributed by atoms with van der Waals surface area (Å²) in [6.45, 7) is 9.19. The SMILES string of the molecule is C=CC(=O)Nc1cncc(C(=O)Nc2cccc(CNC3=NC(NC4CCOCC4)=N/C(=C(/C=N)C(C)C)N3)c2)n1. The molecule has 2 aliphatic rings. The topological polar surface area (TPSA) is 178 Å². The molecule has 0 atom stereocenters. The Bertz CT molecular complexity index is 1390. The Morgan fingerprint density at radius 2 is 2.00 bits per heavy atom. The van der Waals surface area contributed by atoms with Gasteiger partial charge in [0.05, 0.1) is 12.4 Å². The Labute approximate surface area is 238 Å². The van der Waals surface area contributed by atoms with Crippen molar-refractivity contribution in [2.24, 2.45) is 15.9 Å². The number of hydrogen-bond donors (Lipinski definition) is 6. The number of aliphatic imine (C=N–C) groups is 2. The van der Waals surface area contributed by atoms with E-state index < -0.39 is 11.8 Å². The Morgan fingerprint density at radius 1 is 1.20 bits per heavy atom. The van der Waals surface area contributed by atoms with E-state index in [9.17, 15) is 9.59 Å². The molecule has 13 heteroatoms. The van der Waals surface area contributed by atoms with E-state index in [0.29, 0.717) is 43.2 Å². The van der Waals surface area contributed by atoms with Crippen molar-refractivity contribution >= 4 is 41.5 Å². The molecule has 0 radical (unpaired) electrons. The third-order valence-electron chi connectivity index (χ3n) is 6.23. The number of nitrogens with zero attached hydrogens (tertiary/aromatic N) is 4. The molecule has 214 valence electrons. The average molecular weight is 559 g/mol. The predicted molar refractivity (Wildman–Crippen MR) is 158 cm³/mol. The Kier molecular flexibility index (Phi) is 9.89. The molecular formula is C28H34N10O3. The number of allylic oxidation sites excluding steroid dienone is 1. The van der Waals surface area contributed by atoms with Crippen LogP contribution in [0.2, 0.25) is 0 Å². The van der Waals surface area contributed by atoms with Crippen molar-refractivity contribution in [3.63, 3.8) is 0 Å². The van der Waals surface area contributed by atoms with Crippen LogP contribution in [0.1, 0.15) is 42.7 Å². The van der Waals surface area contributed by atoms with Crippen LogP contribution in [-0.2, 0) is 16.1 Å². The fraction of sp³-hybridized carbons (Fsp3) is 0.321. The van der Waals surface area contributed by atoms with Crippen molar-refractivity contribution in [1.29, 1.82) is 5.41 Å². The van der Waals surface area contributed by atoms with Gasteiger partial charge in [-0.25, -0.2) is 4.98 Å². The number of hydrogen-bond acceptors (Lipinski definition) is 11. The highest BCUT2D eigenvalue weighted by Crippen LogP contribution is 2.16. The number of guanidine groups is 2. The number of ether oxygens (including phenoxy) is 1. The first-order chi connectivity index (χ1) is 19.8. The molecule has 13 nitrogen and oxygen atoms in total. The van der Waals surface area contributed by atoms with Crippen LogP contribution >= 0.6 is 0 Å². The molecule has 1 aromatic carbocycles. The highest BCUT2D eigenvalue weighted by Gasteiger charge is 2.21. The number of amides is 2. The maximum Gasteiger partial charge on any atom is 0.275 e. The lowest BCUT2D eigenvalue weighted by Gasteiger charge is -2.26. The van der Waals surface area contributed by atoms with Crippen LogP contribution in [0.4, 0.5) is 11.5 Å². The molecule has 0 unspecified atom stereocenters. The molecule has 2 amide bonds. The molecule has 6 N–H and O–H groups in total. The number of nitrogens with one attached hydrogen (secondary N) is 6. The largest absolute Gasteiger partial charge is 0.381 e. The number of carbonyl (C=O) groups excluding carboxylic acids is 2. The van der Waals surface area contributed by atoms with E-state index in [0.717, 1.165) is 30.1 Å². The molecule has 3 heterocycles. The zero-order valence-electron chi connectivity index (χ0n) is 23.0. The second-order valence-corrected chi connectivity index (χ2v) is 9.65. The van der Waals surface area contributed by atoms with Gasteiger partial charge >= 0.3 is 0 Å². The molecule has 41 heavy (non-hydrogen) atoms. The highest BCUT2D eigenvalue weighted by molar-refractivity contribution is 6.03. The zero-order chi connectivity index (χ0) is 29.2. The van der Waals surface area contributed by atoms with E-state index in [4.69, 9.17) is 10.1 Å². The summed E-state index contributed by atoms with van der Waals surface area (Å²) in [5.41, 5.74) is 2.25. The van der Waals surface area contributed by atoms with E-state index in [2.05, 4.69) is 53.1 Å². The standard InChI is InChI=1S/C28H34N10O3/c1-4-24(39)35-23-16-30-15-22(34-23)26(40)32-20-7-5-6-18(12-20)14-31-27-36-25(21(13-29)17(2)3)37-28(38-27)33-19-8-10-41-11-9-19/h4-7,12-13,15-17,19,29H,1,8-11,14H2,2-3H3,(H,32,40)(H,34,35,39)(H3,31,33,36,37,38)/b25-21-,29-13?. The number of carbonyl (C=O) groups is 2. The van der Waals surface area contributed by atoms with Crippen molar-refractivity contribution < 1.29 is 14.3 Å². The van der Waals surface area contributed by atoms with Gasteiger partial charge in [-0.2, -0.15) is 9.98 Å². The minimum atomic E-state index is -0.474. The van der Waals surface area contributed by atoms with Crippen LogP contribution in [-0.4, -0.2) is 59.2 Å². The van der Waals surface area contributed by atoms with Crippen molar-refractivity contribution in [2.75, 3.05) is 23.8 Å². The summed E-state index contributed by atoms with van der Waals surface area (Å²) in [4.78, 5) is 41.7. The van der Waals surface area contributed by atoms with Gasteiger partial charge in [-0.3, -0.25) is 14.6 Å². The van der Waals surface area contributed by atoms with Gasteiger partial charge in [0.1, 0.15) is 11.5 Å². The van der Waals surface area contributed by atoms with Gasteiger partial charge in [0.2, 0.25) is 17.8 Å². The molecule has 1 saturated heterocycles. The number of benzene rings is 1. The van der Waals surface area contributed by atoms with Crippen LogP contribution in [0, 0.1) is 11.3 Å². The second kappa shape index (κ2) is 13.9. The summed E-state index contributed by atoms with van der Waals surface area (Å²) < 4.78 is 5.46. The third kappa shape index (κ3) is 8.29. The minimum absolute atomic E-state index is 0.0477.